The van der Waals surface area contributed by atoms with E-state index in [0.29, 0.717) is 19.6 Å². The third-order valence-electron chi connectivity index (χ3n) is 3.51. The van der Waals surface area contributed by atoms with Gasteiger partial charge in [-0.25, -0.2) is 0 Å². The minimum absolute atomic E-state index is 0.0419. The first-order chi connectivity index (χ1) is 8.53. The van der Waals surface area contributed by atoms with E-state index in [1.54, 1.807) is 0 Å². The Hall–Kier alpha value is -1.39. The molecule has 1 amide bonds. The van der Waals surface area contributed by atoms with Gasteiger partial charge in [-0.3, -0.25) is 4.79 Å². The molecule has 1 aromatic carbocycles. The van der Waals surface area contributed by atoms with Crippen LogP contribution < -0.4 is 11.1 Å². The summed E-state index contributed by atoms with van der Waals surface area (Å²) in [4.78, 5) is 12.1. The Balaban J connectivity index is 2.06. The minimum Gasteiger partial charge on any atom is -0.379 e. The summed E-state index contributed by atoms with van der Waals surface area (Å²) in [6, 6.07) is 7.98. The molecule has 1 aromatic rings. The molecule has 1 aliphatic rings. The molecule has 1 aliphatic heterocycles. The van der Waals surface area contributed by atoms with Crippen molar-refractivity contribution in [2.45, 2.75) is 31.8 Å². The van der Waals surface area contributed by atoms with Crippen molar-refractivity contribution in [3.8, 4) is 0 Å². The number of aryl methyl sites for hydroxylation is 1. The molecule has 0 spiro atoms. The molecule has 0 bridgehead atoms. The largest absolute Gasteiger partial charge is 0.379 e. The number of rotatable bonds is 3. The molecule has 18 heavy (non-hydrogen) atoms. The quantitative estimate of drug-likeness (QED) is 0.847. The van der Waals surface area contributed by atoms with Crippen LogP contribution in [0, 0.1) is 6.92 Å². The summed E-state index contributed by atoms with van der Waals surface area (Å²) >= 11 is 0. The number of carbonyl (C=O) groups is 1. The molecule has 1 unspecified atom stereocenters. The molecule has 3 N–H and O–H groups in total. The maximum absolute atomic E-state index is 12.1. The van der Waals surface area contributed by atoms with Crippen molar-refractivity contribution in [3.05, 3.63) is 35.4 Å². The number of hydrogen-bond donors (Lipinski definition) is 2. The highest BCUT2D eigenvalue weighted by molar-refractivity contribution is 5.86. The van der Waals surface area contributed by atoms with Crippen LogP contribution in [-0.2, 0) is 9.53 Å². The van der Waals surface area contributed by atoms with Crippen molar-refractivity contribution >= 4 is 5.91 Å². The maximum Gasteiger partial charge on any atom is 0.243 e. The van der Waals surface area contributed by atoms with E-state index in [4.69, 9.17) is 10.5 Å². The number of amides is 1. The van der Waals surface area contributed by atoms with Crippen LogP contribution in [0.15, 0.2) is 24.3 Å². The third-order valence-corrected chi connectivity index (χ3v) is 3.51. The first kappa shape index (κ1) is 13.1. The van der Waals surface area contributed by atoms with E-state index in [9.17, 15) is 4.79 Å². The topological polar surface area (TPSA) is 64.4 Å². The molecule has 1 fully saturated rings. The number of carbonyl (C=O) groups excluding carboxylic acids is 1. The average molecular weight is 248 g/mol. The van der Waals surface area contributed by atoms with Gasteiger partial charge in [0, 0.05) is 6.61 Å². The van der Waals surface area contributed by atoms with E-state index >= 15 is 0 Å². The van der Waals surface area contributed by atoms with Crippen molar-refractivity contribution in [1.29, 1.82) is 0 Å². The van der Waals surface area contributed by atoms with Crippen molar-refractivity contribution in [3.63, 3.8) is 0 Å². The maximum atomic E-state index is 12.1. The summed E-state index contributed by atoms with van der Waals surface area (Å²) in [6.07, 6.45) is 0.583. The highest BCUT2D eigenvalue weighted by atomic mass is 16.5. The molecule has 0 aromatic heterocycles. The van der Waals surface area contributed by atoms with Crippen LogP contribution in [0.1, 0.15) is 30.5 Å². The predicted octanol–water partition coefficient (Wildman–Crippen LogP) is 1.29. The van der Waals surface area contributed by atoms with E-state index in [-0.39, 0.29) is 11.9 Å². The molecule has 0 radical (unpaired) electrons. The predicted molar refractivity (Wildman–Crippen MR) is 70.1 cm³/mol. The summed E-state index contributed by atoms with van der Waals surface area (Å²) in [5, 5.41) is 2.98. The van der Waals surface area contributed by atoms with Gasteiger partial charge in [0.2, 0.25) is 5.91 Å². The van der Waals surface area contributed by atoms with Crippen molar-refractivity contribution in [2.75, 3.05) is 13.2 Å². The highest BCUT2D eigenvalue weighted by Crippen LogP contribution is 2.20. The summed E-state index contributed by atoms with van der Waals surface area (Å²) in [6.45, 7) is 4.87. The van der Waals surface area contributed by atoms with E-state index in [2.05, 4.69) is 5.32 Å². The van der Waals surface area contributed by atoms with Gasteiger partial charge in [-0.1, -0.05) is 24.3 Å². The fraction of sp³-hybridized carbons (Fsp3) is 0.500. The lowest BCUT2D eigenvalue weighted by molar-refractivity contribution is -0.127. The molecule has 4 heteroatoms. The fourth-order valence-electron chi connectivity index (χ4n) is 2.25. The first-order valence-electron chi connectivity index (χ1n) is 6.26. The Morgan fingerprint density at radius 3 is 2.83 bits per heavy atom. The molecular weight excluding hydrogens is 228 g/mol. The molecule has 4 nitrogen and oxygen atoms in total. The van der Waals surface area contributed by atoms with Crippen molar-refractivity contribution in [2.24, 2.45) is 5.73 Å². The molecule has 1 saturated heterocycles. The molecule has 2 rings (SSSR count). The smallest absolute Gasteiger partial charge is 0.243 e. The molecule has 98 valence electrons. The zero-order chi connectivity index (χ0) is 13.2. The average Bonchev–Trinajstić information content (AvgIpc) is 2.78. The molecule has 1 heterocycles. The van der Waals surface area contributed by atoms with Crippen LogP contribution in [0.4, 0.5) is 0 Å². The molecule has 0 saturated carbocycles. The van der Waals surface area contributed by atoms with Gasteiger partial charge < -0.3 is 15.8 Å². The van der Waals surface area contributed by atoms with Crippen LogP contribution in [0.25, 0.3) is 0 Å². The number of ether oxygens (including phenoxy) is 1. The van der Waals surface area contributed by atoms with Crippen molar-refractivity contribution < 1.29 is 9.53 Å². The second kappa shape index (κ2) is 5.08. The van der Waals surface area contributed by atoms with Crippen LogP contribution in [0.3, 0.4) is 0 Å². The van der Waals surface area contributed by atoms with E-state index in [1.165, 1.54) is 5.56 Å². The van der Waals surface area contributed by atoms with Crippen molar-refractivity contribution in [1.82, 2.24) is 5.32 Å². The van der Waals surface area contributed by atoms with Crippen LogP contribution in [0.2, 0.25) is 0 Å². The van der Waals surface area contributed by atoms with Crippen LogP contribution >= 0.6 is 0 Å². The zero-order valence-corrected chi connectivity index (χ0v) is 10.9. The Bertz CT molecular complexity index is 439. The van der Waals surface area contributed by atoms with Crippen LogP contribution in [-0.4, -0.2) is 24.7 Å². The van der Waals surface area contributed by atoms with Gasteiger partial charge in [-0.05, 0) is 31.4 Å². The lowest BCUT2D eigenvalue weighted by Crippen LogP contribution is -2.54. The van der Waals surface area contributed by atoms with Crippen LogP contribution in [0.5, 0.6) is 0 Å². The molecule has 0 aliphatic carbocycles. The second-order valence-corrected chi connectivity index (χ2v) is 5.01. The molecular formula is C14H20N2O2. The van der Waals surface area contributed by atoms with Gasteiger partial charge in [-0.2, -0.15) is 0 Å². The number of nitrogens with one attached hydrogen (secondary N) is 1. The Morgan fingerprint density at radius 2 is 2.22 bits per heavy atom. The van der Waals surface area contributed by atoms with E-state index in [0.717, 1.165) is 5.56 Å². The van der Waals surface area contributed by atoms with Gasteiger partial charge in [0.05, 0.1) is 12.6 Å². The summed E-state index contributed by atoms with van der Waals surface area (Å²) < 4.78 is 5.21. The van der Waals surface area contributed by atoms with Gasteiger partial charge >= 0.3 is 0 Å². The summed E-state index contributed by atoms with van der Waals surface area (Å²) in [5.41, 5.74) is 7.45. The Kier molecular flexibility index (Phi) is 3.68. The van der Waals surface area contributed by atoms with Gasteiger partial charge in [-0.15, -0.1) is 0 Å². The monoisotopic (exact) mass is 248 g/mol. The Labute approximate surface area is 108 Å². The minimum atomic E-state index is -0.864. The second-order valence-electron chi connectivity index (χ2n) is 5.01. The number of benzene rings is 1. The summed E-state index contributed by atoms with van der Waals surface area (Å²) in [5.74, 6) is -0.129. The highest BCUT2D eigenvalue weighted by Gasteiger charge is 2.38. The fourth-order valence-corrected chi connectivity index (χ4v) is 2.25. The lowest BCUT2D eigenvalue weighted by Gasteiger charge is -2.24. The molecule has 2 atom stereocenters. The van der Waals surface area contributed by atoms with Gasteiger partial charge in [0.15, 0.2) is 0 Å². The Morgan fingerprint density at radius 1 is 1.50 bits per heavy atom. The first-order valence-corrected chi connectivity index (χ1v) is 6.26. The lowest BCUT2D eigenvalue weighted by atomic mass is 9.97. The standard InChI is InChI=1S/C14H20N2O2/c1-10-5-3-4-6-12(10)11(2)16-13(17)14(15)7-8-18-9-14/h3-6,11H,7-9,15H2,1-2H3,(H,16,17)/t11-,14?/m1/s1. The van der Waals surface area contributed by atoms with E-state index < -0.39 is 5.54 Å². The summed E-state index contributed by atoms with van der Waals surface area (Å²) in [7, 11) is 0. The normalized spacial score (nSPS) is 24.8. The third kappa shape index (κ3) is 2.54. The number of hydrogen-bond acceptors (Lipinski definition) is 3. The van der Waals surface area contributed by atoms with E-state index in [1.807, 2.05) is 38.1 Å². The SMILES string of the molecule is Cc1ccccc1[C@@H](C)NC(=O)C1(N)CCOC1. The number of nitrogens with two attached hydrogens (primary N) is 1. The zero-order valence-electron chi connectivity index (χ0n) is 10.9. The van der Waals surface area contributed by atoms with Gasteiger partial charge in [0.1, 0.15) is 5.54 Å². The van der Waals surface area contributed by atoms with Gasteiger partial charge in [0.25, 0.3) is 0 Å².